The number of hydrogen-bond acceptors (Lipinski definition) is 5. The number of piperazine rings is 1. The lowest BCUT2D eigenvalue weighted by atomic mass is 10.1. The van der Waals surface area contributed by atoms with Crippen molar-refractivity contribution in [2.24, 2.45) is 0 Å². The van der Waals surface area contributed by atoms with E-state index in [-0.39, 0.29) is 18.8 Å². The summed E-state index contributed by atoms with van der Waals surface area (Å²) in [5.74, 6) is 0. The molecule has 0 unspecified atom stereocenters. The van der Waals surface area contributed by atoms with E-state index in [1.807, 2.05) is 43.5 Å². The summed E-state index contributed by atoms with van der Waals surface area (Å²) in [5, 5.41) is 3.22. The van der Waals surface area contributed by atoms with Crippen LogP contribution in [0.15, 0.2) is 41.0 Å². The van der Waals surface area contributed by atoms with E-state index in [4.69, 9.17) is 9.47 Å². The summed E-state index contributed by atoms with van der Waals surface area (Å²) >= 11 is 3.57. The van der Waals surface area contributed by atoms with E-state index in [1.54, 1.807) is 12.0 Å². The van der Waals surface area contributed by atoms with Crippen LogP contribution in [0.2, 0.25) is 0 Å². The average Bonchev–Trinajstić information content (AvgIpc) is 2.72. The Kier molecular flexibility index (Phi) is 6.82. The molecule has 1 amide bonds. The molecule has 1 aromatic carbocycles. The Morgan fingerprint density at radius 3 is 2.59 bits per heavy atom. The molecular formula is C20H24BrN3O3. The standard InChI is InChI=1S/C20H24BrN3O3/c1-14(26-2)19-18(21)11-17(12-23-19)16-5-3-15(4-6-16)13-27-20(25)24-9-7-22-8-10-24/h3-6,11-12,14,22H,7-10,13H2,1-2H3/t14-/m0/s1. The second-order valence-corrected chi connectivity index (χ2v) is 7.31. The van der Waals surface area contributed by atoms with Crippen molar-refractivity contribution in [3.8, 4) is 11.1 Å². The molecule has 144 valence electrons. The quantitative estimate of drug-likeness (QED) is 0.777. The number of rotatable bonds is 5. The third-order valence-corrected chi connectivity index (χ3v) is 5.27. The predicted molar refractivity (Wildman–Crippen MR) is 107 cm³/mol. The number of nitrogens with zero attached hydrogens (tertiary/aromatic N) is 2. The Bertz CT molecular complexity index is 777. The second-order valence-electron chi connectivity index (χ2n) is 6.46. The van der Waals surface area contributed by atoms with Crippen LogP contribution in [0.4, 0.5) is 4.79 Å². The maximum Gasteiger partial charge on any atom is 0.410 e. The highest BCUT2D eigenvalue weighted by molar-refractivity contribution is 9.10. The number of nitrogens with one attached hydrogen (secondary N) is 1. The third kappa shape index (κ3) is 5.06. The highest BCUT2D eigenvalue weighted by Gasteiger charge is 2.17. The van der Waals surface area contributed by atoms with Gasteiger partial charge in [-0.05, 0) is 40.0 Å². The summed E-state index contributed by atoms with van der Waals surface area (Å²) in [6.07, 6.45) is 1.52. The molecule has 1 aliphatic heterocycles. The topological polar surface area (TPSA) is 63.7 Å². The van der Waals surface area contributed by atoms with E-state index < -0.39 is 0 Å². The summed E-state index contributed by atoms with van der Waals surface area (Å²) in [6, 6.07) is 10.0. The number of carbonyl (C=O) groups is 1. The lowest BCUT2D eigenvalue weighted by Gasteiger charge is -2.26. The van der Waals surface area contributed by atoms with Gasteiger partial charge in [-0.3, -0.25) is 4.98 Å². The van der Waals surface area contributed by atoms with Crippen LogP contribution in [0.1, 0.15) is 24.3 Å². The molecule has 0 spiro atoms. The van der Waals surface area contributed by atoms with Crippen LogP contribution < -0.4 is 5.32 Å². The first-order valence-corrected chi connectivity index (χ1v) is 9.77. The number of halogens is 1. The highest BCUT2D eigenvalue weighted by atomic mass is 79.9. The molecule has 0 aliphatic carbocycles. The molecule has 3 rings (SSSR count). The van der Waals surface area contributed by atoms with E-state index in [9.17, 15) is 4.79 Å². The number of aromatic nitrogens is 1. The van der Waals surface area contributed by atoms with Crippen LogP contribution >= 0.6 is 15.9 Å². The van der Waals surface area contributed by atoms with Gasteiger partial charge in [-0.1, -0.05) is 24.3 Å². The van der Waals surface area contributed by atoms with Crippen LogP contribution in [-0.4, -0.2) is 49.3 Å². The minimum atomic E-state index is -0.253. The monoisotopic (exact) mass is 433 g/mol. The van der Waals surface area contributed by atoms with Gasteiger partial charge in [-0.2, -0.15) is 0 Å². The number of ether oxygens (including phenoxy) is 2. The molecule has 6 nitrogen and oxygen atoms in total. The number of amides is 1. The maximum atomic E-state index is 12.1. The van der Waals surface area contributed by atoms with Gasteiger partial charge in [0.2, 0.25) is 0 Å². The molecular weight excluding hydrogens is 410 g/mol. The van der Waals surface area contributed by atoms with Crippen LogP contribution in [0.5, 0.6) is 0 Å². The smallest absolute Gasteiger partial charge is 0.410 e. The first-order valence-electron chi connectivity index (χ1n) is 8.98. The molecule has 2 aromatic rings. The van der Waals surface area contributed by atoms with E-state index >= 15 is 0 Å². The number of methoxy groups -OCH3 is 1. The van der Waals surface area contributed by atoms with E-state index in [0.29, 0.717) is 13.1 Å². The summed E-state index contributed by atoms with van der Waals surface area (Å²) in [4.78, 5) is 18.3. The van der Waals surface area contributed by atoms with Gasteiger partial charge < -0.3 is 19.7 Å². The van der Waals surface area contributed by atoms with Crippen LogP contribution in [0, 0.1) is 0 Å². The fourth-order valence-corrected chi connectivity index (χ4v) is 3.57. The lowest BCUT2D eigenvalue weighted by molar-refractivity contribution is 0.0918. The highest BCUT2D eigenvalue weighted by Crippen LogP contribution is 2.28. The van der Waals surface area contributed by atoms with Crippen LogP contribution in [-0.2, 0) is 16.1 Å². The first-order chi connectivity index (χ1) is 13.1. The summed E-state index contributed by atoms with van der Waals surface area (Å²) in [7, 11) is 1.67. The van der Waals surface area contributed by atoms with Crippen molar-refractivity contribution in [1.29, 1.82) is 0 Å². The zero-order valence-electron chi connectivity index (χ0n) is 15.6. The Balaban J connectivity index is 1.61. The molecule has 0 radical (unpaired) electrons. The largest absolute Gasteiger partial charge is 0.445 e. The lowest BCUT2D eigenvalue weighted by Crippen LogP contribution is -2.46. The van der Waals surface area contributed by atoms with E-state index in [0.717, 1.165) is 39.9 Å². The van der Waals surface area contributed by atoms with Crippen molar-refractivity contribution in [3.63, 3.8) is 0 Å². The normalized spacial score (nSPS) is 15.4. The maximum absolute atomic E-state index is 12.1. The zero-order valence-corrected chi connectivity index (χ0v) is 17.2. The molecule has 1 atom stereocenters. The van der Waals surface area contributed by atoms with Crippen LogP contribution in [0.3, 0.4) is 0 Å². The Morgan fingerprint density at radius 1 is 1.26 bits per heavy atom. The molecule has 2 heterocycles. The summed E-state index contributed by atoms with van der Waals surface area (Å²) in [6.45, 7) is 5.25. The minimum Gasteiger partial charge on any atom is -0.445 e. The average molecular weight is 434 g/mol. The van der Waals surface area contributed by atoms with Crippen molar-refractivity contribution in [1.82, 2.24) is 15.2 Å². The van der Waals surface area contributed by atoms with Gasteiger partial charge in [0, 0.05) is 49.5 Å². The zero-order chi connectivity index (χ0) is 19.2. The predicted octanol–water partition coefficient (Wildman–Crippen LogP) is 3.76. The number of benzene rings is 1. The molecule has 1 aliphatic rings. The van der Waals surface area contributed by atoms with Gasteiger partial charge in [0.1, 0.15) is 6.61 Å². The van der Waals surface area contributed by atoms with E-state index in [2.05, 4.69) is 26.2 Å². The summed E-state index contributed by atoms with van der Waals surface area (Å²) in [5.41, 5.74) is 3.90. The number of hydrogen-bond donors (Lipinski definition) is 1. The fraction of sp³-hybridized carbons (Fsp3) is 0.400. The molecule has 1 saturated heterocycles. The Hall–Kier alpha value is -1.96. The SMILES string of the molecule is CO[C@@H](C)c1ncc(-c2ccc(COC(=O)N3CCNCC3)cc2)cc1Br. The van der Waals surface area contributed by atoms with Gasteiger partial charge in [-0.15, -0.1) is 0 Å². The fourth-order valence-electron chi connectivity index (χ4n) is 2.89. The number of pyridine rings is 1. The second kappa shape index (κ2) is 9.30. The van der Waals surface area contributed by atoms with Crippen LogP contribution in [0.25, 0.3) is 11.1 Å². The molecule has 0 bridgehead atoms. The third-order valence-electron chi connectivity index (χ3n) is 4.63. The van der Waals surface area contributed by atoms with Gasteiger partial charge >= 0.3 is 6.09 Å². The molecule has 7 heteroatoms. The van der Waals surface area contributed by atoms with Gasteiger partial charge in [-0.25, -0.2) is 4.79 Å². The Morgan fingerprint density at radius 2 is 1.96 bits per heavy atom. The summed E-state index contributed by atoms with van der Waals surface area (Å²) < 4.78 is 11.7. The van der Waals surface area contributed by atoms with Crippen molar-refractivity contribution in [3.05, 3.63) is 52.3 Å². The van der Waals surface area contributed by atoms with Gasteiger partial charge in [0.15, 0.2) is 0 Å². The van der Waals surface area contributed by atoms with Gasteiger partial charge in [0.25, 0.3) is 0 Å². The molecule has 27 heavy (non-hydrogen) atoms. The molecule has 1 fully saturated rings. The van der Waals surface area contributed by atoms with Gasteiger partial charge in [0.05, 0.1) is 11.8 Å². The van der Waals surface area contributed by atoms with E-state index in [1.165, 1.54) is 0 Å². The molecule has 1 N–H and O–H groups in total. The molecule has 1 aromatic heterocycles. The van der Waals surface area contributed by atoms with Crippen molar-refractivity contribution in [2.75, 3.05) is 33.3 Å². The first kappa shape index (κ1) is 19.8. The minimum absolute atomic E-state index is 0.0684. The van der Waals surface area contributed by atoms with Crippen molar-refractivity contribution in [2.45, 2.75) is 19.6 Å². The Labute approximate surface area is 168 Å². The van der Waals surface area contributed by atoms with Crippen molar-refractivity contribution < 1.29 is 14.3 Å². The van der Waals surface area contributed by atoms with Crippen molar-refractivity contribution >= 4 is 22.0 Å². The molecule has 0 saturated carbocycles. The number of carbonyl (C=O) groups excluding carboxylic acids is 1.